The molecule has 0 saturated heterocycles. The standard InChI is InChI=1S/C14H14BrNO3S/c1-10(17)11-6-2-4-8-13(11)16-20(18,19)14-9-5-3-7-12(14)15/h2-10,16-17H,1H3. The van der Waals surface area contributed by atoms with E-state index < -0.39 is 16.1 Å². The molecule has 0 bridgehead atoms. The number of benzene rings is 2. The maximum atomic E-state index is 12.4. The normalized spacial score (nSPS) is 12.9. The fourth-order valence-electron chi connectivity index (χ4n) is 1.82. The van der Waals surface area contributed by atoms with Crippen LogP contribution in [0.2, 0.25) is 0 Å². The van der Waals surface area contributed by atoms with E-state index in [0.717, 1.165) is 0 Å². The summed E-state index contributed by atoms with van der Waals surface area (Å²) < 4.78 is 27.7. The Balaban J connectivity index is 2.42. The summed E-state index contributed by atoms with van der Waals surface area (Å²) in [5.41, 5.74) is 0.904. The second kappa shape index (κ2) is 5.95. The van der Waals surface area contributed by atoms with Crippen LogP contribution in [0.15, 0.2) is 57.9 Å². The molecule has 0 heterocycles. The Morgan fingerprint density at radius 2 is 1.70 bits per heavy atom. The summed E-state index contributed by atoms with van der Waals surface area (Å²) in [4.78, 5) is 0.153. The summed E-state index contributed by atoms with van der Waals surface area (Å²) in [6.45, 7) is 1.59. The highest BCUT2D eigenvalue weighted by molar-refractivity contribution is 9.10. The third kappa shape index (κ3) is 3.20. The van der Waals surface area contributed by atoms with Crippen LogP contribution in [0, 0.1) is 0 Å². The molecule has 0 amide bonds. The number of aliphatic hydroxyl groups is 1. The van der Waals surface area contributed by atoms with Crippen molar-refractivity contribution in [1.29, 1.82) is 0 Å². The van der Waals surface area contributed by atoms with Gasteiger partial charge in [-0.1, -0.05) is 30.3 Å². The largest absolute Gasteiger partial charge is 0.389 e. The molecule has 0 radical (unpaired) electrons. The maximum Gasteiger partial charge on any atom is 0.263 e. The van der Waals surface area contributed by atoms with Gasteiger partial charge in [0.15, 0.2) is 0 Å². The van der Waals surface area contributed by atoms with Gasteiger partial charge in [0, 0.05) is 10.0 Å². The van der Waals surface area contributed by atoms with Crippen molar-refractivity contribution in [3.8, 4) is 0 Å². The molecule has 0 saturated carbocycles. The highest BCUT2D eigenvalue weighted by Gasteiger charge is 2.19. The van der Waals surface area contributed by atoms with Crippen LogP contribution in [-0.2, 0) is 10.0 Å². The zero-order valence-corrected chi connectivity index (χ0v) is 13.1. The average molecular weight is 356 g/mol. The number of rotatable bonds is 4. The lowest BCUT2D eigenvalue weighted by Crippen LogP contribution is -2.15. The monoisotopic (exact) mass is 355 g/mol. The summed E-state index contributed by atoms with van der Waals surface area (Å²) in [7, 11) is -3.71. The van der Waals surface area contributed by atoms with Crippen molar-refractivity contribution in [3.63, 3.8) is 0 Å². The predicted molar refractivity (Wildman–Crippen MR) is 82.0 cm³/mol. The summed E-state index contributed by atoms with van der Waals surface area (Å²) >= 11 is 3.22. The molecule has 0 aliphatic heterocycles. The molecular weight excluding hydrogens is 342 g/mol. The Kier molecular flexibility index (Phi) is 4.47. The van der Waals surface area contributed by atoms with Crippen molar-refractivity contribution in [2.24, 2.45) is 0 Å². The van der Waals surface area contributed by atoms with Gasteiger partial charge in [0.2, 0.25) is 0 Å². The zero-order chi connectivity index (χ0) is 14.8. The maximum absolute atomic E-state index is 12.4. The Hall–Kier alpha value is -1.37. The van der Waals surface area contributed by atoms with Gasteiger partial charge < -0.3 is 5.11 Å². The number of aliphatic hydroxyl groups excluding tert-OH is 1. The Bertz CT molecular complexity index is 714. The molecule has 2 N–H and O–H groups in total. The van der Waals surface area contributed by atoms with Crippen molar-refractivity contribution < 1.29 is 13.5 Å². The van der Waals surface area contributed by atoms with E-state index in [-0.39, 0.29) is 4.90 Å². The van der Waals surface area contributed by atoms with Gasteiger partial charge in [0.25, 0.3) is 10.0 Å². The van der Waals surface area contributed by atoms with Gasteiger partial charge >= 0.3 is 0 Å². The Morgan fingerprint density at radius 1 is 1.10 bits per heavy atom. The SMILES string of the molecule is CC(O)c1ccccc1NS(=O)(=O)c1ccccc1Br. The lowest BCUT2D eigenvalue weighted by atomic mass is 10.1. The molecule has 6 heteroatoms. The number of anilines is 1. The van der Waals surface area contributed by atoms with Crippen molar-refractivity contribution in [3.05, 3.63) is 58.6 Å². The van der Waals surface area contributed by atoms with E-state index in [2.05, 4.69) is 20.7 Å². The van der Waals surface area contributed by atoms with Crippen LogP contribution in [0.1, 0.15) is 18.6 Å². The minimum absolute atomic E-state index is 0.153. The second-order valence-corrected chi connectivity index (χ2v) is 6.80. The first-order valence-electron chi connectivity index (χ1n) is 5.96. The van der Waals surface area contributed by atoms with Gasteiger partial charge in [0.05, 0.1) is 11.8 Å². The van der Waals surface area contributed by atoms with Crippen LogP contribution >= 0.6 is 15.9 Å². The van der Waals surface area contributed by atoms with E-state index in [1.54, 1.807) is 49.4 Å². The highest BCUT2D eigenvalue weighted by Crippen LogP contribution is 2.27. The number of halogens is 1. The quantitative estimate of drug-likeness (QED) is 0.883. The first-order chi connectivity index (χ1) is 9.42. The van der Waals surface area contributed by atoms with Crippen molar-refractivity contribution >= 4 is 31.6 Å². The van der Waals surface area contributed by atoms with E-state index in [1.807, 2.05) is 0 Å². The van der Waals surface area contributed by atoms with E-state index in [1.165, 1.54) is 6.07 Å². The van der Waals surface area contributed by atoms with Crippen LogP contribution in [0.4, 0.5) is 5.69 Å². The molecule has 2 aromatic carbocycles. The van der Waals surface area contributed by atoms with Crippen LogP contribution in [0.3, 0.4) is 0 Å². The third-order valence-corrected chi connectivity index (χ3v) is 5.16. The van der Waals surface area contributed by atoms with Crippen LogP contribution in [0.5, 0.6) is 0 Å². The van der Waals surface area contributed by atoms with Gasteiger partial charge in [-0.15, -0.1) is 0 Å². The predicted octanol–water partition coefficient (Wildman–Crippen LogP) is 3.30. The van der Waals surface area contributed by atoms with E-state index in [0.29, 0.717) is 15.7 Å². The van der Waals surface area contributed by atoms with E-state index in [9.17, 15) is 13.5 Å². The summed E-state index contributed by atoms with van der Waals surface area (Å²) in [6.07, 6.45) is -0.756. The van der Waals surface area contributed by atoms with Gasteiger partial charge in [-0.05, 0) is 41.1 Å². The molecule has 1 atom stereocenters. The lowest BCUT2D eigenvalue weighted by Gasteiger charge is -2.14. The molecule has 0 aromatic heterocycles. The topological polar surface area (TPSA) is 66.4 Å². The van der Waals surface area contributed by atoms with Gasteiger partial charge in [-0.3, -0.25) is 4.72 Å². The molecule has 0 aliphatic carbocycles. The third-order valence-electron chi connectivity index (χ3n) is 2.78. The van der Waals surface area contributed by atoms with Crippen LogP contribution < -0.4 is 4.72 Å². The first-order valence-corrected chi connectivity index (χ1v) is 8.24. The second-order valence-electron chi connectivity index (χ2n) is 4.30. The van der Waals surface area contributed by atoms with Crippen LogP contribution in [-0.4, -0.2) is 13.5 Å². The van der Waals surface area contributed by atoms with Crippen molar-refractivity contribution in [2.75, 3.05) is 4.72 Å². The molecular formula is C14H14BrNO3S. The molecule has 2 aromatic rings. The molecule has 106 valence electrons. The highest BCUT2D eigenvalue weighted by atomic mass is 79.9. The summed E-state index contributed by atoms with van der Waals surface area (Å²) in [5.74, 6) is 0. The molecule has 1 unspecified atom stereocenters. The van der Waals surface area contributed by atoms with E-state index >= 15 is 0 Å². The number of hydrogen-bond donors (Lipinski definition) is 2. The number of nitrogens with one attached hydrogen (secondary N) is 1. The minimum atomic E-state index is -3.71. The summed E-state index contributed by atoms with van der Waals surface area (Å²) in [5, 5.41) is 9.68. The van der Waals surface area contributed by atoms with Crippen molar-refractivity contribution in [2.45, 2.75) is 17.9 Å². The molecule has 2 rings (SSSR count). The van der Waals surface area contributed by atoms with Crippen LogP contribution in [0.25, 0.3) is 0 Å². The fourth-order valence-corrected chi connectivity index (χ4v) is 3.91. The van der Waals surface area contributed by atoms with Gasteiger partial charge in [0.1, 0.15) is 4.90 Å². The Morgan fingerprint density at radius 3 is 2.35 bits per heavy atom. The molecule has 0 spiro atoms. The summed E-state index contributed by atoms with van der Waals surface area (Å²) in [6, 6.07) is 13.3. The van der Waals surface area contributed by atoms with Crippen molar-refractivity contribution in [1.82, 2.24) is 0 Å². The lowest BCUT2D eigenvalue weighted by molar-refractivity contribution is 0.200. The van der Waals surface area contributed by atoms with Gasteiger partial charge in [-0.2, -0.15) is 0 Å². The fraction of sp³-hybridized carbons (Fsp3) is 0.143. The Labute approximate surface area is 126 Å². The number of para-hydroxylation sites is 1. The molecule has 20 heavy (non-hydrogen) atoms. The molecule has 4 nitrogen and oxygen atoms in total. The minimum Gasteiger partial charge on any atom is -0.389 e. The van der Waals surface area contributed by atoms with Gasteiger partial charge in [-0.25, -0.2) is 8.42 Å². The first kappa shape index (κ1) is 15.0. The van der Waals surface area contributed by atoms with E-state index in [4.69, 9.17) is 0 Å². The number of hydrogen-bond acceptors (Lipinski definition) is 3. The zero-order valence-electron chi connectivity index (χ0n) is 10.7. The number of sulfonamides is 1. The average Bonchev–Trinajstić information content (AvgIpc) is 2.39. The molecule has 0 aliphatic rings. The molecule has 0 fully saturated rings. The smallest absolute Gasteiger partial charge is 0.263 e.